The molecule has 1 aliphatic heterocycles. The maximum atomic E-state index is 14.3. The summed E-state index contributed by atoms with van der Waals surface area (Å²) >= 11 is 1.23. The zero-order valence-electron chi connectivity index (χ0n) is 19.6. The Labute approximate surface area is 213 Å². The van der Waals surface area contributed by atoms with E-state index < -0.39 is 15.8 Å². The average Bonchev–Trinajstić information content (AvgIpc) is 3.48. The molecule has 3 heterocycles. The summed E-state index contributed by atoms with van der Waals surface area (Å²) in [6, 6.07) is 12.5. The minimum Gasteiger partial charge on any atom is -0.282 e. The molecule has 1 saturated heterocycles. The Morgan fingerprint density at radius 2 is 1.78 bits per heavy atom. The maximum absolute atomic E-state index is 14.3. The number of carbonyl (C=O) groups is 1. The van der Waals surface area contributed by atoms with Crippen LogP contribution in [0, 0.1) is 5.82 Å². The molecule has 0 aliphatic carbocycles. The smallest absolute Gasteiger partial charge is 0.260 e. The van der Waals surface area contributed by atoms with E-state index >= 15 is 0 Å². The Bertz CT molecular complexity index is 1440. The van der Waals surface area contributed by atoms with Gasteiger partial charge in [0.25, 0.3) is 5.91 Å². The van der Waals surface area contributed by atoms with Gasteiger partial charge in [-0.2, -0.15) is 9.40 Å². The van der Waals surface area contributed by atoms with Crippen molar-refractivity contribution in [2.45, 2.75) is 37.1 Å². The van der Waals surface area contributed by atoms with Crippen LogP contribution in [0.25, 0.3) is 10.2 Å². The molecule has 0 saturated carbocycles. The molecule has 36 heavy (non-hydrogen) atoms. The number of aromatic nitrogens is 3. The third-order valence-corrected chi connectivity index (χ3v) is 9.21. The highest BCUT2D eigenvalue weighted by molar-refractivity contribution is 7.89. The van der Waals surface area contributed by atoms with Gasteiger partial charge in [-0.25, -0.2) is 17.8 Å². The fourth-order valence-corrected chi connectivity index (χ4v) is 6.82. The highest BCUT2D eigenvalue weighted by Crippen LogP contribution is 2.31. The van der Waals surface area contributed by atoms with Crippen LogP contribution in [-0.2, 0) is 16.6 Å². The first-order chi connectivity index (χ1) is 17.4. The molecule has 0 unspecified atom stereocenters. The first kappa shape index (κ1) is 24.5. The van der Waals surface area contributed by atoms with Crippen molar-refractivity contribution in [1.82, 2.24) is 19.1 Å². The van der Waals surface area contributed by atoms with E-state index in [1.54, 1.807) is 35.3 Å². The highest BCUT2D eigenvalue weighted by atomic mass is 32.2. The Morgan fingerprint density at radius 1 is 1.03 bits per heavy atom. The van der Waals surface area contributed by atoms with Crippen molar-refractivity contribution in [2.75, 3.05) is 24.5 Å². The van der Waals surface area contributed by atoms with Crippen LogP contribution < -0.4 is 4.90 Å². The number of para-hydroxylation sites is 1. The van der Waals surface area contributed by atoms with Crippen molar-refractivity contribution in [2.24, 2.45) is 0 Å². The number of hydrogen-bond donors (Lipinski definition) is 0. The molecule has 0 atom stereocenters. The van der Waals surface area contributed by atoms with E-state index in [0.29, 0.717) is 35.0 Å². The molecule has 0 spiro atoms. The summed E-state index contributed by atoms with van der Waals surface area (Å²) in [4.78, 5) is 19.6. The second kappa shape index (κ2) is 10.5. The predicted octanol–water partition coefficient (Wildman–Crippen LogP) is 4.54. The normalized spacial score (nSPS) is 15.1. The van der Waals surface area contributed by atoms with Gasteiger partial charge in [0, 0.05) is 37.6 Å². The zero-order valence-corrected chi connectivity index (χ0v) is 21.2. The van der Waals surface area contributed by atoms with Gasteiger partial charge < -0.3 is 0 Å². The minimum atomic E-state index is -3.62. The Balaban J connectivity index is 1.43. The second-order valence-corrected chi connectivity index (χ2v) is 11.6. The zero-order chi connectivity index (χ0) is 25.1. The van der Waals surface area contributed by atoms with Crippen LogP contribution in [0.4, 0.5) is 9.52 Å². The summed E-state index contributed by atoms with van der Waals surface area (Å²) in [6.07, 6.45) is 7.21. The largest absolute Gasteiger partial charge is 0.282 e. The molecule has 0 bridgehead atoms. The lowest BCUT2D eigenvalue weighted by Crippen LogP contribution is -2.34. The van der Waals surface area contributed by atoms with Crippen LogP contribution >= 0.6 is 11.3 Å². The maximum Gasteiger partial charge on any atom is 0.260 e. The van der Waals surface area contributed by atoms with E-state index in [2.05, 4.69) is 10.1 Å². The number of fused-ring (bicyclic) bond motifs is 1. The predicted molar refractivity (Wildman–Crippen MR) is 137 cm³/mol. The lowest BCUT2D eigenvalue weighted by molar-refractivity contribution is 0.0985. The third-order valence-electron chi connectivity index (χ3n) is 6.25. The van der Waals surface area contributed by atoms with E-state index in [0.717, 1.165) is 25.7 Å². The van der Waals surface area contributed by atoms with Crippen LogP contribution in [0.5, 0.6) is 0 Å². The number of anilines is 1. The van der Waals surface area contributed by atoms with E-state index in [9.17, 15) is 17.6 Å². The summed E-state index contributed by atoms with van der Waals surface area (Å²) in [5.74, 6) is -0.794. The fourth-order valence-electron chi connectivity index (χ4n) is 4.29. The van der Waals surface area contributed by atoms with Crippen LogP contribution in [0.3, 0.4) is 0 Å². The molecule has 2 aromatic carbocycles. The molecule has 11 heteroatoms. The average molecular weight is 528 g/mol. The van der Waals surface area contributed by atoms with E-state index in [-0.39, 0.29) is 22.9 Å². The Morgan fingerprint density at radius 3 is 2.44 bits per heavy atom. The second-order valence-electron chi connectivity index (χ2n) is 8.65. The quantitative estimate of drug-likeness (QED) is 0.352. The number of halogens is 1. The van der Waals surface area contributed by atoms with Gasteiger partial charge >= 0.3 is 0 Å². The molecule has 5 rings (SSSR count). The summed E-state index contributed by atoms with van der Waals surface area (Å²) in [5, 5.41) is 4.56. The number of thiazole rings is 1. The fraction of sp³-hybridized carbons (Fsp3) is 0.320. The molecule has 1 aliphatic rings. The standard InChI is InChI=1S/C25H26FN5O3S2/c26-21-7-5-8-22-23(21)28-25(35-22)31(18-17-29-14-6-13-27-29)24(32)19-9-11-20(12-10-19)36(33,34)30-15-3-1-2-4-16-30/h5-14H,1-4,15-18H2. The molecular formula is C25H26FN5O3S2. The van der Waals surface area contributed by atoms with Crippen molar-refractivity contribution >= 4 is 42.6 Å². The van der Waals surface area contributed by atoms with Crippen LogP contribution in [0.15, 0.2) is 65.8 Å². The highest BCUT2D eigenvalue weighted by Gasteiger charge is 2.27. The van der Waals surface area contributed by atoms with Gasteiger partial charge in [-0.15, -0.1) is 0 Å². The molecule has 0 radical (unpaired) electrons. The van der Waals surface area contributed by atoms with Crippen LogP contribution in [0.2, 0.25) is 0 Å². The van der Waals surface area contributed by atoms with Gasteiger partial charge in [-0.05, 0) is 55.3 Å². The lowest BCUT2D eigenvalue weighted by Gasteiger charge is -2.21. The Kier molecular flexibility index (Phi) is 7.13. The van der Waals surface area contributed by atoms with Gasteiger partial charge in [-0.1, -0.05) is 30.2 Å². The van der Waals surface area contributed by atoms with Gasteiger partial charge in [-0.3, -0.25) is 14.4 Å². The summed E-state index contributed by atoms with van der Waals surface area (Å²) in [6.45, 7) is 1.70. The molecule has 1 fully saturated rings. The molecule has 4 aromatic rings. The molecule has 1 amide bonds. The minimum absolute atomic E-state index is 0.172. The SMILES string of the molecule is O=C(c1ccc(S(=O)(=O)N2CCCCCC2)cc1)N(CCn1cccn1)c1nc2c(F)cccc2s1. The van der Waals surface area contributed by atoms with Crippen molar-refractivity contribution in [3.63, 3.8) is 0 Å². The molecule has 188 valence electrons. The van der Waals surface area contributed by atoms with Crippen molar-refractivity contribution < 1.29 is 17.6 Å². The molecular weight excluding hydrogens is 501 g/mol. The van der Waals surface area contributed by atoms with E-state index in [1.807, 2.05) is 0 Å². The van der Waals surface area contributed by atoms with Gasteiger partial charge in [0.15, 0.2) is 5.13 Å². The van der Waals surface area contributed by atoms with Crippen molar-refractivity contribution in [1.29, 1.82) is 0 Å². The van der Waals surface area contributed by atoms with Gasteiger partial charge in [0.2, 0.25) is 10.0 Å². The van der Waals surface area contributed by atoms with Gasteiger partial charge in [0.05, 0.1) is 16.1 Å². The lowest BCUT2D eigenvalue weighted by atomic mass is 10.2. The van der Waals surface area contributed by atoms with Crippen molar-refractivity contribution in [3.8, 4) is 0 Å². The number of carbonyl (C=O) groups excluding carboxylic acids is 1. The third kappa shape index (κ3) is 5.04. The number of amides is 1. The monoisotopic (exact) mass is 527 g/mol. The summed E-state index contributed by atoms with van der Waals surface area (Å²) < 4.78 is 44.4. The first-order valence-electron chi connectivity index (χ1n) is 11.9. The van der Waals surface area contributed by atoms with Crippen LogP contribution in [-0.4, -0.2) is 53.0 Å². The van der Waals surface area contributed by atoms with Crippen molar-refractivity contribution in [3.05, 3.63) is 72.3 Å². The summed E-state index contributed by atoms with van der Waals surface area (Å²) in [7, 11) is -3.62. The number of nitrogens with zero attached hydrogens (tertiary/aromatic N) is 5. The molecule has 2 aromatic heterocycles. The van der Waals surface area contributed by atoms with E-state index in [1.165, 1.54) is 50.9 Å². The number of rotatable bonds is 7. The number of hydrogen-bond acceptors (Lipinski definition) is 6. The number of benzene rings is 2. The van der Waals surface area contributed by atoms with Gasteiger partial charge in [0.1, 0.15) is 11.3 Å². The topological polar surface area (TPSA) is 88.4 Å². The Hall–Kier alpha value is -3.15. The molecule has 8 nitrogen and oxygen atoms in total. The van der Waals surface area contributed by atoms with Crippen LogP contribution in [0.1, 0.15) is 36.0 Å². The first-order valence-corrected chi connectivity index (χ1v) is 14.1. The molecule has 0 N–H and O–H groups in total. The summed E-state index contributed by atoms with van der Waals surface area (Å²) in [5.41, 5.74) is 0.540. The van der Waals surface area contributed by atoms with E-state index in [4.69, 9.17) is 0 Å². The number of sulfonamides is 1.